The molecular weight excluding hydrogens is 295 g/mol. The molecule has 2 aromatic rings. The van der Waals surface area contributed by atoms with Gasteiger partial charge in [-0.2, -0.15) is 0 Å². The van der Waals surface area contributed by atoms with Crippen molar-refractivity contribution in [1.29, 1.82) is 0 Å². The van der Waals surface area contributed by atoms with Gasteiger partial charge in [0.05, 0.1) is 0 Å². The van der Waals surface area contributed by atoms with Crippen LogP contribution < -0.4 is 15.8 Å². The van der Waals surface area contributed by atoms with E-state index in [1.54, 1.807) is 12.1 Å². The lowest BCUT2D eigenvalue weighted by Crippen LogP contribution is -2.25. The van der Waals surface area contributed by atoms with E-state index < -0.39 is 6.09 Å². The van der Waals surface area contributed by atoms with E-state index in [0.29, 0.717) is 11.8 Å². The molecule has 23 heavy (non-hydrogen) atoms. The summed E-state index contributed by atoms with van der Waals surface area (Å²) in [7, 11) is 0. The number of nitrogens with one attached hydrogen (secondary N) is 1. The summed E-state index contributed by atoms with van der Waals surface area (Å²) in [4.78, 5) is 11.3. The van der Waals surface area contributed by atoms with Gasteiger partial charge in [0.25, 0.3) is 0 Å². The van der Waals surface area contributed by atoms with Gasteiger partial charge in [-0.05, 0) is 49.1 Å². The first-order valence-corrected chi connectivity index (χ1v) is 7.72. The SMILES string of the molecule is NC(=O)Oc1c(C[C@@H]2CCCN2)cccc1-c1ccc(F)cc1. The molecule has 1 heterocycles. The van der Waals surface area contributed by atoms with Gasteiger partial charge < -0.3 is 15.8 Å². The first-order valence-electron chi connectivity index (χ1n) is 7.72. The van der Waals surface area contributed by atoms with Crippen molar-refractivity contribution in [3.8, 4) is 16.9 Å². The van der Waals surface area contributed by atoms with Gasteiger partial charge >= 0.3 is 6.09 Å². The highest BCUT2D eigenvalue weighted by Gasteiger charge is 2.20. The van der Waals surface area contributed by atoms with Crippen LogP contribution >= 0.6 is 0 Å². The van der Waals surface area contributed by atoms with E-state index in [2.05, 4.69) is 5.32 Å². The zero-order valence-corrected chi connectivity index (χ0v) is 12.7. The van der Waals surface area contributed by atoms with Crippen LogP contribution in [0.3, 0.4) is 0 Å². The number of primary amides is 1. The molecule has 1 aliphatic heterocycles. The summed E-state index contributed by atoms with van der Waals surface area (Å²) < 4.78 is 18.4. The van der Waals surface area contributed by atoms with Crippen molar-refractivity contribution >= 4 is 6.09 Å². The Kier molecular flexibility index (Phi) is 4.57. The molecule has 3 N–H and O–H groups in total. The van der Waals surface area contributed by atoms with Crippen LogP contribution in [0.5, 0.6) is 5.75 Å². The van der Waals surface area contributed by atoms with E-state index in [4.69, 9.17) is 10.5 Å². The summed E-state index contributed by atoms with van der Waals surface area (Å²) in [5, 5.41) is 3.43. The van der Waals surface area contributed by atoms with Crippen molar-refractivity contribution in [2.45, 2.75) is 25.3 Å². The van der Waals surface area contributed by atoms with Crippen LogP contribution in [0.25, 0.3) is 11.1 Å². The standard InChI is InChI=1S/C18H19FN2O2/c19-14-8-6-12(7-9-14)16-5-1-3-13(17(16)23-18(20)22)11-15-4-2-10-21-15/h1,3,5-9,15,21H,2,4,10-11H2,(H2,20,22)/t15-/m0/s1. The summed E-state index contributed by atoms with van der Waals surface area (Å²) in [6, 6.07) is 12.2. The number of rotatable bonds is 4. The van der Waals surface area contributed by atoms with E-state index in [1.807, 2.05) is 18.2 Å². The highest BCUT2D eigenvalue weighted by Crippen LogP contribution is 2.34. The van der Waals surface area contributed by atoms with Crippen molar-refractivity contribution in [3.63, 3.8) is 0 Å². The number of benzene rings is 2. The Balaban J connectivity index is 2.00. The lowest BCUT2D eigenvalue weighted by atomic mass is 9.97. The van der Waals surface area contributed by atoms with Crippen LogP contribution in [-0.2, 0) is 6.42 Å². The normalized spacial score (nSPS) is 17.2. The fourth-order valence-electron chi connectivity index (χ4n) is 3.02. The molecule has 2 aromatic carbocycles. The Morgan fingerprint density at radius 2 is 2.04 bits per heavy atom. The van der Waals surface area contributed by atoms with Gasteiger partial charge in [-0.3, -0.25) is 0 Å². The smallest absolute Gasteiger partial charge is 0.409 e. The molecule has 0 radical (unpaired) electrons. The minimum atomic E-state index is -0.847. The Morgan fingerprint density at radius 1 is 1.26 bits per heavy atom. The Hall–Kier alpha value is -2.40. The monoisotopic (exact) mass is 314 g/mol. The van der Waals surface area contributed by atoms with E-state index in [-0.39, 0.29) is 5.82 Å². The number of hydrogen-bond donors (Lipinski definition) is 2. The third kappa shape index (κ3) is 3.68. The molecule has 0 bridgehead atoms. The minimum absolute atomic E-state index is 0.308. The molecule has 120 valence electrons. The predicted octanol–water partition coefficient (Wildman–Crippen LogP) is 3.24. The van der Waals surface area contributed by atoms with Crippen molar-refractivity contribution < 1.29 is 13.9 Å². The molecular formula is C18H19FN2O2. The lowest BCUT2D eigenvalue weighted by molar-refractivity contribution is 0.210. The maximum Gasteiger partial charge on any atom is 0.409 e. The van der Waals surface area contributed by atoms with Gasteiger partial charge in [0.2, 0.25) is 0 Å². The van der Waals surface area contributed by atoms with Crippen molar-refractivity contribution in [2.75, 3.05) is 6.54 Å². The molecule has 3 rings (SSSR count). The number of amides is 1. The average Bonchev–Trinajstić information content (AvgIpc) is 3.02. The Morgan fingerprint density at radius 3 is 2.70 bits per heavy atom. The van der Waals surface area contributed by atoms with Crippen LogP contribution in [0.1, 0.15) is 18.4 Å². The molecule has 5 heteroatoms. The second-order valence-corrected chi connectivity index (χ2v) is 5.72. The molecule has 1 fully saturated rings. The molecule has 0 aliphatic carbocycles. The number of para-hydroxylation sites is 1. The van der Waals surface area contributed by atoms with Crippen LogP contribution in [0.2, 0.25) is 0 Å². The second-order valence-electron chi connectivity index (χ2n) is 5.72. The molecule has 0 unspecified atom stereocenters. The fourth-order valence-corrected chi connectivity index (χ4v) is 3.02. The summed E-state index contributed by atoms with van der Waals surface area (Å²) in [5.74, 6) is 0.151. The lowest BCUT2D eigenvalue weighted by Gasteiger charge is -2.17. The van der Waals surface area contributed by atoms with Gasteiger partial charge in [0.15, 0.2) is 0 Å². The number of nitrogens with two attached hydrogens (primary N) is 1. The van der Waals surface area contributed by atoms with E-state index >= 15 is 0 Å². The molecule has 1 amide bonds. The molecule has 0 spiro atoms. The molecule has 1 aliphatic rings. The first kappa shape index (κ1) is 15.5. The largest absolute Gasteiger partial charge is 0.410 e. The van der Waals surface area contributed by atoms with Crippen LogP contribution in [0.15, 0.2) is 42.5 Å². The predicted molar refractivity (Wildman–Crippen MR) is 86.8 cm³/mol. The zero-order valence-electron chi connectivity index (χ0n) is 12.7. The van der Waals surface area contributed by atoms with E-state index in [9.17, 15) is 9.18 Å². The van der Waals surface area contributed by atoms with Crippen molar-refractivity contribution in [1.82, 2.24) is 5.32 Å². The van der Waals surface area contributed by atoms with E-state index in [1.165, 1.54) is 12.1 Å². The number of halogens is 1. The summed E-state index contributed by atoms with van der Waals surface area (Å²) in [5.41, 5.74) is 7.67. The minimum Gasteiger partial charge on any atom is -0.410 e. The van der Waals surface area contributed by atoms with Crippen molar-refractivity contribution in [2.24, 2.45) is 5.73 Å². The van der Waals surface area contributed by atoms with E-state index in [0.717, 1.165) is 42.5 Å². The first-order chi connectivity index (χ1) is 11.1. The molecule has 1 saturated heterocycles. The topological polar surface area (TPSA) is 64.4 Å². The maximum absolute atomic E-state index is 13.1. The second kappa shape index (κ2) is 6.79. The molecule has 4 nitrogen and oxygen atoms in total. The summed E-state index contributed by atoms with van der Waals surface area (Å²) in [6.45, 7) is 1.01. The Labute approximate surface area is 134 Å². The van der Waals surface area contributed by atoms with Gasteiger partial charge in [-0.1, -0.05) is 30.3 Å². The van der Waals surface area contributed by atoms with Crippen LogP contribution in [-0.4, -0.2) is 18.7 Å². The quantitative estimate of drug-likeness (QED) is 0.910. The number of carbonyl (C=O) groups is 1. The van der Waals surface area contributed by atoms with Gasteiger partial charge in [-0.15, -0.1) is 0 Å². The highest BCUT2D eigenvalue weighted by molar-refractivity contribution is 5.77. The number of hydrogen-bond acceptors (Lipinski definition) is 3. The molecule has 0 aromatic heterocycles. The highest BCUT2D eigenvalue weighted by atomic mass is 19.1. The van der Waals surface area contributed by atoms with Crippen molar-refractivity contribution in [3.05, 3.63) is 53.8 Å². The molecule has 0 saturated carbocycles. The number of carbonyl (C=O) groups excluding carboxylic acids is 1. The summed E-state index contributed by atoms with van der Waals surface area (Å²) in [6.07, 6.45) is 2.16. The van der Waals surface area contributed by atoms with Crippen LogP contribution in [0.4, 0.5) is 9.18 Å². The molecule has 1 atom stereocenters. The zero-order chi connectivity index (χ0) is 16.2. The fraction of sp³-hybridized carbons (Fsp3) is 0.278. The third-order valence-corrected chi connectivity index (χ3v) is 4.08. The van der Waals surface area contributed by atoms with Gasteiger partial charge in [-0.25, -0.2) is 9.18 Å². The maximum atomic E-state index is 13.1. The summed E-state index contributed by atoms with van der Waals surface area (Å²) >= 11 is 0. The number of ether oxygens (including phenoxy) is 1. The van der Waals surface area contributed by atoms with Gasteiger partial charge in [0.1, 0.15) is 11.6 Å². The average molecular weight is 314 g/mol. The van der Waals surface area contributed by atoms with Gasteiger partial charge in [0, 0.05) is 11.6 Å². The Bertz CT molecular complexity index is 695. The van der Waals surface area contributed by atoms with Crippen LogP contribution in [0, 0.1) is 5.82 Å². The third-order valence-electron chi connectivity index (χ3n) is 4.08.